The average molecular weight is 383 g/mol. The third kappa shape index (κ3) is 4.10. The minimum atomic E-state index is 0.240. The normalized spacial score (nSPS) is 21.1. The van der Waals surface area contributed by atoms with E-state index in [1.54, 1.807) is 13.4 Å². The molecule has 1 aromatic carbocycles. The van der Waals surface area contributed by atoms with Gasteiger partial charge >= 0.3 is 0 Å². The van der Waals surface area contributed by atoms with E-state index < -0.39 is 0 Å². The number of hydrogen-bond acceptors (Lipinski definition) is 6. The van der Waals surface area contributed by atoms with Crippen LogP contribution < -0.4 is 4.90 Å². The SMILES string of the molecule is COCCN1CC(Cc2ccc3ncnc(N4CCN(C)CC4)c3c2)CC1=O. The number of hydrogen-bond donors (Lipinski definition) is 0. The molecule has 1 unspecified atom stereocenters. The summed E-state index contributed by atoms with van der Waals surface area (Å²) in [6, 6.07) is 6.46. The molecule has 1 atom stereocenters. The Morgan fingerprint density at radius 2 is 2.00 bits per heavy atom. The number of amides is 1. The van der Waals surface area contributed by atoms with Crippen LogP contribution in [0, 0.1) is 5.92 Å². The fraction of sp³-hybridized carbons (Fsp3) is 0.571. The number of benzene rings is 1. The van der Waals surface area contributed by atoms with Crippen LogP contribution in [0.1, 0.15) is 12.0 Å². The minimum Gasteiger partial charge on any atom is -0.383 e. The largest absolute Gasteiger partial charge is 0.383 e. The van der Waals surface area contributed by atoms with E-state index in [9.17, 15) is 4.79 Å². The number of likely N-dealkylation sites (N-methyl/N-ethyl adjacent to an activating group) is 1. The molecular weight excluding hydrogens is 354 g/mol. The molecule has 0 spiro atoms. The van der Waals surface area contributed by atoms with E-state index in [1.165, 1.54) is 5.56 Å². The molecule has 2 fully saturated rings. The molecule has 0 bridgehead atoms. The minimum absolute atomic E-state index is 0.240. The maximum atomic E-state index is 12.2. The van der Waals surface area contributed by atoms with E-state index in [-0.39, 0.29) is 5.91 Å². The first-order valence-corrected chi connectivity index (χ1v) is 10.1. The zero-order chi connectivity index (χ0) is 19.5. The molecule has 2 aromatic rings. The number of ether oxygens (including phenoxy) is 1. The molecule has 150 valence electrons. The summed E-state index contributed by atoms with van der Waals surface area (Å²) in [7, 11) is 3.83. The Bertz CT molecular complexity index is 835. The van der Waals surface area contributed by atoms with Gasteiger partial charge < -0.3 is 19.4 Å². The van der Waals surface area contributed by atoms with Gasteiger partial charge in [0.1, 0.15) is 12.1 Å². The van der Waals surface area contributed by atoms with Gasteiger partial charge in [0.05, 0.1) is 12.1 Å². The number of anilines is 1. The first-order valence-electron chi connectivity index (χ1n) is 10.1. The Kier molecular flexibility index (Phi) is 5.73. The lowest BCUT2D eigenvalue weighted by molar-refractivity contribution is -0.128. The lowest BCUT2D eigenvalue weighted by Gasteiger charge is -2.33. The van der Waals surface area contributed by atoms with E-state index in [1.807, 2.05) is 4.90 Å². The molecule has 0 saturated carbocycles. The second-order valence-corrected chi connectivity index (χ2v) is 7.95. The van der Waals surface area contributed by atoms with Crippen LogP contribution in [0.3, 0.4) is 0 Å². The summed E-state index contributed by atoms with van der Waals surface area (Å²) >= 11 is 0. The molecule has 3 heterocycles. The molecule has 7 nitrogen and oxygen atoms in total. The van der Waals surface area contributed by atoms with Crippen molar-refractivity contribution in [2.45, 2.75) is 12.8 Å². The molecule has 1 aromatic heterocycles. The Balaban J connectivity index is 1.51. The zero-order valence-electron chi connectivity index (χ0n) is 16.8. The summed E-state index contributed by atoms with van der Waals surface area (Å²) in [6.07, 6.45) is 3.19. The van der Waals surface area contributed by atoms with Gasteiger partial charge in [-0.1, -0.05) is 6.07 Å². The Morgan fingerprint density at radius 1 is 1.18 bits per heavy atom. The smallest absolute Gasteiger partial charge is 0.223 e. The number of fused-ring (bicyclic) bond motifs is 1. The van der Waals surface area contributed by atoms with Crippen LogP contribution in [0.15, 0.2) is 24.5 Å². The molecule has 2 aliphatic heterocycles. The Labute approximate surface area is 166 Å². The molecule has 28 heavy (non-hydrogen) atoms. The second kappa shape index (κ2) is 8.41. The van der Waals surface area contributed by atoms with E-state index >= 15 is 0 Å². The number of piperazine rings is 1. The highest BCUT2D eigenvalue weighted by Crippen LogP contribution is 2.28. The molecule has 7 heteroatoms. The molecular formula is C21H29N5O2. The molecule has 4 rings (SSSR count). The molecule has 1 amide bonds. The third-order valence-corrected chi connectivity index (χ3v) is 5.87. The molecule has 0 N–H and O–H groups in total. The van der Waals surface area contributed by atoms with Crippen molar-refractivity contribution in [1.29, 1.82) is 0 Å². The first kappa shape index (κ1) is 19.1. The fourth-order valence-corrected chi connectivity index (χ4v) is 4.23. The Hall–Kier alpha value is -2.25. The van der Waals surface area contributed by atoms with E-state index in [0.29, 0.717) is 25.5 Å². The van der Waals surface area contributed by atoms with Gasteiger partial charge in [-0.05, 0) is 37.1 Å². The molecule has 2 saturated heterocycles. The third-order valence-electron chi connectivity index (χ3n) is 5.87. The number of nitrogens with zero attached hydrogens (tertiary/aromatic N) is 5. The van der Waals surface area contributed by atoms with E-state index in [4.69, 9.17) is 4.74 Å². The van der Waals surface area contributed by atoms with Crippen LogP contribution in [-0.4, -0.2) is 85.7 Å². The van der Waals surface area contributed by atoms with Crippen LogP contribution in [0.2, 0.25) is 0 Å². The number of likely N-dealkylation sites (tertiary alicyclic amines) is 1. The van der Waals surface area contributed by atoms with Crippen LogP contribution in [0.5, 0.6) is 0 Å². The fourth-order valence-electron chi connectivity index (χ4n) is 4.23. The summed E-state index contributed by atoms with van der Waals surface area (Å²) in [5.41, 5.74) is 2.24. The van der Waals surface area contributed by atoms with Crippen molar-refractivity contribution in [2.75, 3.05) is 64.9 Å². The lowest BCUT2D eigenvalue weighted by atomic mass is 9.97. The van der Waals surface area contributed by atoms with Gasteiger partial charge in [-0.25, -0.2) is 9.97 Å². The van der Waals surface area contributed by atoms with Crippen LogP contribution >= 0.6 is 0 Å². The van der Waals surface area contributed by atoms with Crippen LogP contribution in [0.4, 0.5) is 5.82 Å². The number of carbonyl (C=O) groups excluding carboxylic acids is 1. The predicted molar refractivity (Wildman–Crippen MR) is 110 cm³/mol. The topological polar surface area (TPSA) is 61.8 Å². The highest BCUT2D eigenvalue weighted by molar-refractivity contribution is 5.90. The number of methoxy groups -OCH3 is 1. The van der Waals surface area contributed by atoms with Gasteiger partial charge in [0.15, 0.2) is 0 Å². The van der Waals surface area contributed by atoms with Crippen LogP contribution in [0.25, 0.3) is 10.9 Å². The Morgan fingerprint density at radius 3 is 2.79 bits per heavy atom. The summed E-state index contributed by atoms with van der Waals surface area (Å²) in [6.45, 7) is 6.16. The van der Waals surface area contributed by atoms with Crippen molar-refractivity contribution in [2.24, 2.45) is 5.92 Å². The zero-order valence-corrected chi connectivity index (χ0v) is 16.8. The first-order chi connectivity index (χ1) is 13.6. The second-order valence-electron chi connectivity index (χ2n) is 7.95. The highest BCUT2D eigenvalue weighted by Gasteiger charge is 2.29. The highest BCUT2D eigenvalue weighted by atomic mass is 16.5. The van der Waals surface area contributed by atoms with Crippen LogP contribution in [-0.2, 0) is 16.0 Å². The van der Waals surface area contributed by atoms with Gasteiger partial charge in [-0.3, -0.25) is 4.79 Å². The summed E-state index contributed by atoms with van der Waals surface area (Å²) < 4.78 is 5.12. The molecule has 2 aliphatic rings. The quantitative estimate of drug-likeness (QED) is 0.752. The van der Waals surface area contributed by atoms with Crippen molar-refractivity contribution in [3.05, 3.63) is 30.1 Å². The maximum Gasteiger partial charge on any atom is 0.223 e. The molecule has 0 aliphatic carbocycles. The monoisotopic (exact) mass is 383 g/mol. The van der Waals surface area contributed by atoms with Crippen molar-refractivity contribution in [1.82, 2.24) is 19.8 Å². The standard InChI is InChI=1S/C21H29N5O2/c1-24-5-7-25(8-6-24)21-18-12-16(3-4-19(18)22-15-23-21)11-17-13-20(27)26(14-17)9-10-28-2/h3-4,12,15,17H,5-11,13-14H2,1-2H3. The van der Waals surface area contributed by atoms with Crippen molar-refractivity contribution in [3.8, 4) is 0 Å². The maximum absolute atomic E-state index is 12.2. The number of rotatable bonds is 6. The van der Waals surface area contributed by atoms with Gasteiger partial charge in [0, 0.05) is 58.2 Å². The van der Waals surface area contributed by atoms with E-state index in [0.717, 1.165) is 55.9 Å². The number of aromatic nitrogens is 2. The van der Waals surface area contributed by atoms with Gasteiger partial charge in [-0.15, -0.1) is 0 Å². The summed E-state index contributed by atoms with van der Waals surface area (Å²) in [4.78, 5) is 27.9. The van der Waals surface area contributed by atoms with Gasteiger partial charge in [0.2, 0.25) is 5.91 Å². The van der Waals surface area contributed by atoms with Crippen molar-refractivity contribution >= 4 is 22.6 Å². The van der Waals surface area contributed by atoms with Crippen molar-refractivity contribution < 1.29 is 9.53 Å². The predicted octanol–water partition coefficient (Wildman–Crippen LogP) is 1.42. The lowest BCUT2D eigenvalue weighted by Crippen LogP contribution is -2.44. The van der Waals surface area contributed by atoms with Gasteiger partial charge in [-0.2, -0.15) is 0 Å². The average Bonchev–Trinajstić information content (AvgIpc) is 3.05. The van der Waals surface area contributed by atoms with Gasteiger partial charge in [0.25, 0.3) is 0 Å². The summed E-state index contributed by atoms with van der Waals surface area (Å²) in [5, 5.41) is 1.12. The summed E-state index contributed by atoms with van der Waals surface area (Å²) in [5.74, 6) is 1.63. The van der Waals surface area contributed by atoms with E-state index in [2.05, 4.69) is 45.0 Å². The molecule has 0 radical (unpaired) electrons. The van der Waals surface area contributed by atoms with Crippen molar-refractivity contribution in [3.63, 3.8) is 0 Å². The number of carbonyl (C=O) groups is 1.